The molecule has 138 valence electrons. The molecule has 2 aromatic carbocycles. The Morgan fingerprint density at radius 2 is 1.85 bits per heavy atom. The van der Waals surface area contributed by atoms with E-state index in [9.17, 15) is 9.59 Å². The molecule has 0 aliphatic heterocycles. The summed E-state index contributed by atoms with van der Waals surface area (Å²) in [5.74, 6) is 0.431. The zero-order valence-electron chi connectivity index (χ0n) is 15.6. The molecule has 1 N–H and O–H groups in total. The van der Waals surface area contributed by atoms with Gasteiger partial charge in [0.2, 0.25) is 11.8 Å². The van der Waals surface area contributed by atoms with Crippen LogP contribution in [0.25, 0.3) is 0 Å². The normalized spacial score (nSPS) is 10.3. The number of nitrogens with one attached hydrogen (secondary N) is 1. The highest BCUT2D eigenvalue weighted by molar-refractivity contribution is 5.94. The molecule has 0 aliphatic rings. The number of rotatable bonds is 8. The molecule has 2 amide bonds. The van der Waals surface area contributed by atoms with Gasteiger partial charge in [-0.1, -0.05) is 36.4 Å². The third kappa shape index (κ3) is 5.62. The van der Waals surface area contributed by atoms with E-state index in [1.165, 1.54) is 12.5 Å². The molecule has 0 saturated carbocycles. The number of hydrogen-bond acceptors (Lipinski definition) is 3. The molecule has 0 saturated heterocycles. The second-order valence-corrected chi connectivity index (χ2v) is 6.18. The van der Waals surface area contributed by atoms with Crippen molar-refractivity contribution in [2.75, 3.05) is 25.1 Å². The lowest BCUT2D eigenvalue weighted by Crippen LogP contribution is -2.34. The number of carbonyl (C=O) groups excluding carboxylic acids is 2. The lowest BCUT2D eigenvalue weighted by molar-refractivity contribution is -0.121. The fourth-order valence-electron chi connectivity index (χ4n) is 2.75. The van der Waals surface area contributed by atoms with Gasteiger partial charge in [0.1, 0.15) is 5.75 Å². The van der Waals surface area contributed by atoms with E-state index in [0.29, 0.717) is 24.5 Å². The van der Waals surface area contributed by atoms with Crippen molar-refractivity contribution in [2.45, 2.75) is 26.7 Å². The molecule has 5 heteroatoms. The first-order chi connectivity index (χ1) is 12.5. The van der Waals surface area contributed by atoms with Gasteiger partial charge in [0.25, 0.3) is 0 Å². The molecule has 0 bridgehead atoms. The summed E-state index contributed by atoms with van der Waals surface area (Å²) in [7, 11) is 1.57. The zero-order chi connectivity index (χ0) is 18.9. The molecule has 0 atom stereocenters. The van der Waals surface area contributed by atoms with Gasteiger partial charge in [-0.15, -0.1) is 0 Å². The maximum atomic E-state index is 12.1. The van der Waals surface area contributed by atoms with Crippen LogP contribution in [0.2, 0.25) is 0 Å². The van der Waals surface area contributed by atoms with Crippen molar-refractivity contribution in [2.24, 2.45) is 0 Å². The predicted octanol–water partition coefficient (Wildman–Crippen LogP) is 3.11. The Morgan fingerprint density at radius 1 is 1.12 bits per heavy atom. The van der Waals surface area contributed by atoms with Crippen molar-refractivity contribution in [1.82, 2.24) is 5.32 Å². The fourth-order valence-corrected chi connectivity index (χ4v) is 2.75. The number of amides is 2. The third-order valence-corrected chi connectivity index (χ3v) is 4.15. The molecular formula is C21H26N2O3. The van der Waals surface area contributed by atoms with Crippen molar-refractivity contribution < 1.29 is 14.3 Å². The van der Waals surface area contributed by atoms with Crippen molar-refractivity contribution in [1.29, 1.82) is 0 Å². The van der Waals surface area contributed by atoms with Crippen LogP contribution in [0, 0.1) is 6.92 Å². The van der Waals surface area contributed by atoms with E-state index < -0.39 is 0 Å². The number of methoxy groups -OCH3 is 1. The van der Waals surface area contributed by atoms with Gasteiger partial charge in [-0.2, -0.15) is 0 Å². The largest absolute Gasteiger partial charge is 0.495 e. The van der Waals surface area contributed by atoms with Crippen molar-refractivity contribution in [3.63, 3.8) is 0 Å². The molecule has 0 heterocycles. The van der Waals surface area contributed by atoms with Crippen LogP contribution >= 0.6 is 0 Å². The molecule has 0 aliphatic carbocycles. The smallest absolute Gasteiger partial charge is 0.223 e. The Morgan fingerprint density at radius 3 is 2.50 bits per heavy atom. The number of carbonyl (C=O) groups is 2. The minimum Gasteiger partial charge on any atom is -0.495 e. The van der Waals surface area contributed by atoms with Gasteiger partial charge in [0.15, 0.2) is 0 Å². The second kappa shape index (κ2) is 9.61. The van der Waals surface area contributed by atoms with E-state index >= 15 is 0 Å². The number of nitrogens with zero attached hydrogens (tertiary/aromatic N) is 1. The molecule has 2 aromatic rings. The Hall–Kier alpha value is -2.82. The van der Waals surface area contributed by atoms with Gasteiger partial charge in [0.05, 0.1) is 12.8 Å². The Balaban J connectivity index is 1.91. The minimum absolute atomic E-state index is 0.0706. The van der Waals surface area contributed by atoms with Crippen LogP contribution in [0.3, 0.4) is 0 Å². The number of hydrogen-bond donors (Lipinski definition) is 1. The quantitative estimate of drug-likeness (QED) is 0.792. The summed E-state index contributed by atoms with van der Waals surface area (Å²) in [6, 6.07) is 15.7. The number of benzene rings is 2. The molecule has 26 heavy (non-hydrogen) atoms. The summed E-state index contributed by atoms with van der Waals surface area (Å²) in [5.41, 5.74) is 2.90. The average Bonchev–Trinajstić information content (AvgIpc) is 2.63. The highest BCUT2D eigenvalue weighted by Crippen LogP contribution is 2.29. The van der Waals surface area contributed by atoms with Crippen LogP contribution in [0.4, 0.5) is 5.69 Å². The zero-order valence-corrected chi connectivity index (χ0v) is 15.6. The van der Waals surface area contributed by atoms with Gasteiger partial charge in [-0.25, -0.2) is 0 Å². The van der Waals surface area contributed by atoms with E-state index in [2.05, 4.69) is 5.32 Å². The Bertz CT molecular complexity index is 744. The molecule has 0 radical (unpaired) electrons. The van der Waals surface area contributed by atoms with Gasteiger partial charge < -0.3 is 15.0 Å². The maximum absolute atomic E-state index is 12.1. The van der Waals surface area contributed by atoms with Crippen LogP contribution in [0.1, 0.15) is 24.5 Å². The minimum atomic E-state index is -0.119. The Labute approximate surface area is 155 Å². The summed E-state index contributed by atoms with van der Waals surface area (Å²) in [6.45, 7) is 4.34. The van der Waals surface area contributed by atoms with Gasteiger partial charge in [-0.3, -0.25) is 9.59 Å². The van der Waals surface area contributed by atoms with Gasteiger partial charge in [0, 0.05) is 26.4 Å². The first kappa shape index (κ1) is 19.5. The van der Waals surface area contributed by atoms with Crippen molar-refractivity contribution in [3.8, 4) is 5.75 Å². The average molecular weight is 354 g/mol. The number of ether oxygens (including phenoxy) is 1. The van der Waals surface area contributed by atoms with Crippen LogP contribution < -0.4 is 15.0 Å². The topological polar surface area (TPSA) is 58.6 Å². The SMILES string of the molecule is COc1ccc(C)cc1N(CCC(=O)NCCc1ccccc1)C(C)=O. The fraction of sp³-hybridized carbons (Fsp3) is 0.333. The van der Waals surface area contributed by atoms with Gasteiger partial charge in [-0.05, 0) is 36.6 Å². The summed E-state index contributed by atoms with van der Waals surface area (Å²) >= 11 is 0. The van der Waals surface area contributed by atoms with Crippen LogP contribution in [0.15, 0.2) is 48.5 Å². The first-order valence-electron chi connectivity index (χ1n) is 8.74. The predicted molar refractivity (Wildman–Crippen MR) is 104 cm³/mol. The van der Waals surface area contributed by atoms with Gasteiger partial charge >= 0.3 is 0 Å². The lowest BCUT2D eigenvalue weighted by atomic mass is 10.1. The molecule has 0 spiro atoms. The van der Waals surface area contributed by atoms with E-state index in [-0.39, 0.29) is 18.2 Å². The summed E-state index contributed by atoms with van der Waals surface area (Å²) < 4.78 is 5.36. The third-order valence-electron chi connectivity index (χ3n) is 4.15. The number of anilines is 1. The first-order valence-corrected chi connectivity index (χ1v) is 8.74. The maximum Gasteiger partial charge on any atom is 0.223 e. The molecule has 5 nitrogen and oxygen atoms in total. The van der Waals surface area contributed by atoms with E-state index in [0.717, 1.165) is 12.0 Å². The van der Waals surface area contributed by atoms with Crippen LogP contribution in [-0.4, -0.2) is 32.0 Å². The molecule has 2 rings (SSSR count). The van der Waals surface area contributed by atoms with E-state index in [1.807, 2.05) is 55.5 Å². The Kier molecular flexibility index (Phi) is 7.21. The molecular weight excluding hydrogens is 328 g/mol. The molecule has 0 unspecified atom stereocenters. The van der Waals surface area contributed by atoms with E-state index in [4.69, 9.17) is 4.74 Å². The summed E-state index contributed by atoms with van der Waals surface area (Å²) in [6.07, 6.45) is 1.03. The van der Waals surface area contributed by atoms with Crippen LogP contribution in [0.5, 0.6) is 5.75 Å². The number of aryl methyl sites for hydroxylation is 1. The van der Waals surface area contributed by atoms with Crippen molar-refractivity contribution >= 4 is 17.5 Å². The van der Waals surface area contributed by atoms with Crippen molar-refractivity contribution in [3.05, 3.63) is 59.7 Å². The summed E-state index contributed by atoms with van der Waals surface area (Å²) in [5, 5.41) is 2.91. The molecule has 0 aromatic heterocycles. The summed E-state index contributed by atoms with van der Waals surface area (Å²) in [4.78, 5) is 25.8. The highest BCUT2D eigenvalue weighted by atomic mass is 16.5. The second-order valence-electron chi connectivity index (χ2n) is 6.18. The highest BCUT2D eigenvalue weighted by Gasteiger charge is 2.17. The monoisotopic (exact) mass is 354 g/mol. The molecule has 0 fully saturated rings. The lowest BCUT2D eigenvalue weighted by Gasteiger charge is -2.23. The van der Waals surface area contributed by atoms with E-state index in [1.54, 1.807) is 12.0 Å². The van der Waals surface area contributed by atoms with Crippen LogP contribution in [-0.2, 0) is 16.0 Å². The standard InChI is InChI=1S/C21H26N2O3/c1-16-9-10-20(26-3)19(15-16)23(17(2)24)14-12-21(25)22-13-11-18-7-5-4-6-8-18/h4-10,15H,11-14H2,1-3H3,(H,22,25).